The van der Waals surface area contributed by atoms with E-state index in [-0.39, 0.29) is 61.9 Å². The quantitative estimate of drug-likeness (QED) is 0.0663. The van der Waals surface area contributed by atoms with Crippen molar-refractivity contribution >= 4 is 41.2 Å². The summed E-state index contributed by atoms with van der Waals surface area (Å²) in [6.07, 6.45) is -1.95. The van der Waals surface area contributed by atoms with Crippen molar-refractivity contribution in [3.63, 3.8) is 0 Å². The zero-order chi connectivity index (χ0) is 53.3. The molecule has 3 aromatic carbocycles. The number of halogens is 1. The van der Waals surface area contributed by atoms with Gasteiger partial charge in [-0.3, -0.25) is 24.2 Å². The zero-order valence-electron chi connectivity index (χ0n) is 42.8. The van der Waals surface area contributed by atoms with Crippen molar-refractivity contribution in [2.24, 2.45) is 11.8 Å². The minimum atomic E-state index is -2.86. The summed E-state index contributed by atoms with van der Waals surface area (Å²) >= 11 is 0. The molecule has 1 heterocycles. The monoisotopic (exact) mass is 1010 g/mol. The highest BCUT2D eigenvalue weighted by atomic mass is 19.1. The fraction of sp³-hybridized carbons (Fsp3) is 0.455. The predicted octanol–water partition coefficient (Wildman–Crippen LogP) is 9.19. The van der Waals surface area contributed by atoms with E-state index in [1.165, 1.54) is 47.6 Å². The second-order valence-corrected chi connectivity index (χ2v) is 20.7. The number of aliphatic hydroxyl groups excluding tert-OH is 1. The molecule has 0 saturated heterocycles. The first-order chi connectivity index (χ1) is 34.5. The Labute approximate surface area is 424 Å². The second kappa shape index (κ2) is 21.3. The molecule has 3 aliphatic carbocycles. The fourth-order valence-corrected chi connectivity index (χ4v) is 10.0. The molecule has 1 unspecified atom stereocenters. The van der Waals surface area contributed by atoms with Crippen molar-refractivity contribution in [3.05, 3.63) is 124 Å². The molecular weight excluding hydrogens is 944 g/mol. The van der Waals surface area contributed by atoms with Crippen molar-refractivity contribution in [2.45, 2.75) is 123 Å². The van der Waals surface area contributed by atoms with Gasteiger partial charge in [-0.15, -0.1) is 6.58 Å². The lowest BCUT2D eigenvalue weighted by molar-refractivity contribution is -0.143. The van der Waals surface area contributed by atoms with Crippen LogP contribution in [-0.2, 0) is 45.1 Å². The Morgan fingerprint density at radius 2 is 1.49 bits per heavy atom. The summed E-state index contributed by atoms with van der Waals surface area (Å²) in [4.78, 5) is 77.0. The van der Waals surface area contributed by atoms with Gasteiger partial charge in [-0.2, -0.15) is 4.90 Å². The van der Waals surface area contributed by atoms with Crippen LogP contribution in [0.5, 0.6) is 11.6 Å². The van der Waals surface area contributed by atoms with Crippen LogP contribution in [0.4, 0.5) is 19.7 Å². The first kappa shape index (κ1) is 53.9. The van der Waals surface area contributed by atoms with Gasteiger partial charge >= 0.3 is 18.2 Å². The number of nitrogens with zero attached hydrogens (tertiary/aromatic N) is 4. The molecular formula is C55H65FN4O13. The standard InChI is InChI=1S/C55H65FN4O13/c1-11-24-59(25-12-2)37(50(64)65)28-35-41(56)34-26-33-27-36-43(58(10)13-3)46-40(49(57-73-46)70-30-32-22-18-15-19-23-32)48(63)55(36,68)47(62)38(33)44(61)39(34)45(69-29-31-20-16-14-17-21-31)42(35)60(51(66)71-53(4,5)6)52(67)72-54(7,8)9/h11,14-23,33,36-37,43,61,68H,1,12-13,24-30H2,2-10H3,(H,64,65)/t33-,36-,37?,43-,55-/m0/s1. The molecule has 17 nitrogen and oxygen atoms in total. The fourth-order valence-electron chi connectivity index (χ4n) is 10.0. The van der Waals surface area contributed by atoms with Crippen molar-refractivity contribution in [2.75, 3.05) is 31.6 Å². The van der Waals surface area contributed by atoms with Gasteiger partial charge in [0, 0.05) is 35.6 Å². The molecule has 0 aliphatic heterocycles. The Kier molecular flexibility index (Phi) is 15.7. The van der Waals surface area contributed by atoms with Gasteiger partial charge in [-0.05, 0) is 103 Å². The van der Waals surface area contributed by atoms with E-state index in [0.29, 0.717) is 23.4 Å². The molecule has 2 amide bonds. The van der Waals surface area contributed by atoms with Crippen molar-refractivity contribution in [3.8, 4) is 11.6 Å². The maximum Gasteiger partial charge on any atom is 0.424 e. The SMILES string of the molecule is C=CCN(CCC)C(Cc1c(F)c2c(c(OCc3ccccc3)c1N(C(=O)OC(C)(C)C)C(=O)OC(C)(C)C)C(O)=C1C(=O)[C@]3(O)C(=O)c4c(OCc5ccccc5)noc4[C@@H](N(C)CC)[C@@H]3C[C@@H]1C2)C(=O)O. The number of fused-ring (bicyclic) bond motifs is 4. The highest BCUT2D eigenvalue weighted by molar-refractivity contribution is 6.26. The summed E-state index contributed by atoms with van der Waals surface area (Å²) in [5.41, 5.74) is -6.66. The number of ether oxygens (including phenoxy) is 4. The van der Waals surface area contributed by atoms with E-state index in [1.807, 2.05) is 19.9 Å². The van der Waals surface area contributed by atoms with E-state index in [0.717, 1.165) is 5.56 Å². The average Bonchev–Trinajstić information content (AvgIpc) is 3.74. The Morgan fingerprint density at radius 3 is 2.01 bits per heavy atom. The van der Waals surface area contributed by atoms with Gasteiger partial charge in [0.1, 0.15) is 53.3 Å². The van der Waals surface area contributed by atoms with Crippen LogP contribution < -0.4 is 14.4 Å². The molecule has 0 bridgehead atoms. The van der Waals surface area contributed by atoms with Gasteiger partial charge in [0.25, 0.3) is 5.88 Å². The number of ketones is 2. The third kappa shape index (κ3) is 10.6. The normalized spacial score (nSPS) is 19.9. The van der Waals surface area contributed by atoms with Crippen LogP contribution in [0.2, 0.25) is 0 Å². The van der Waals surface area contributed by atoms with Gasteiger partial charge in [0.05, 0.1) is 11.6 Å². The predicted molar refractivity (Wildman–Crippen MR) is 267 cm³/mol. The van der Waals surface area contributed by atoms with Crippen LogP contribution in [-0.4, -0.2) is 110 Å². The number of carboxylic acids is 1. The summed E-state index contributed by atoms with van der Waals surface area (Å²) in [5, 5.41) is 40.8. The number of amides is 2. The minimum absolute atomic E-state index is 0.0364. The summed E-state index contributed by atoms with van der Waals surface area (Å²) in [7, 11) is 1.72. The number of carbonyl (C=O) groups excluding carboxylic acids is 4. The molecule has 4 aromatic rings. The maximum atomic E-state index is 18.5. The first-order valence-electron chi connectivity index (χ1n) is 24.5. The van der Waals surface area contributed by atoms with Crippen LogP contribution in [0.25, 0.3) is 5.76 Å². The molecule has 0 radical (unpaired) electrons. The Bertz CT molecular complexity index is 2770. The summed E-state index contributed by atoms with van der Waals surface area (Å²) in [6, 6.07) is 15.2. The number of aromatic nitrogens is 1. The van der Waals surface area contributed by atoms with E-state index in [4.69, 9.17) is 23.5 Å². The van der Waals surface area contributed by atoms with Gasteiger partial charge in [0.2, 0.25) is 11.6 Å². The molecule has 1 fully saturated rings. The van der Waals surface area contributed by atoms with E-state index in [1.54, 1.807) is 71.4 Å². The number of carbonyl (C=O) groups is 5. The van der Waals surface area contributed by atoms with Gasteiger partial charge < -0.3 is 38.8 Å². The summed E-state index contributed by atoms with van der Waals surface area (Å²) < 4.78 is 48.6. The topological polar surface area (TPSA) is 219 Å². The van der Waals surface area contributed by atoms with Crippen molar-refractivity contribution in [1.82, 2.24) is 15.0 Å². The van der Waals surface area contributed by atoms with Crippen molar-refractivity contribution in [1.29, 1.82) is 0 Å². The van der Waals surface area contributed by atoms with Crippen LogP contribution in [0.3, 0.4) is 0 Å². The number of anilines is 1. The number of hydrogen-bond acceptors (Lipinski definition) is 15. The number of rotatable bonds is 17. The van der Waals surface area contributed by atoms with E-state index in [2.05, 4.69) is 11.7 Å². The van der Waals surface area contributed by atoms with Gasteiger partial charge in [-0.1, -0.05) is 80.6 Å². The molecule has 7 rings (SSSR count). The highest BCUT2D eigenvalue weighted by Crippen LogP contribution is 2.58. The average molecular weight is 1010 g/mol. The molecule has 73 heavy (non-hydrogen) atoms. The molecule has 0 spiro atoms. The number of aliphatic carboxylic acids is 1. The van der Waals surface area contributed by atoms with E-state index >= 15 is 9.18 Å². The smallest absolute Gasteiger partial charge is 0.424 e. The van der Waals surface area contributed by atoms with E-state index < -0.39 is 117 Å². The lowest BCUT2D eigenvalue weighted by Crippen LogP contribution is -2.63. The lowest BCUT2D eigenvalue weighted by atomic mass is 9.57. The van der Waals surface area contributed by atoms with Crippen LogP contribution in [0.1, 0.15) is 118 Å². The number of carboxylic acid groups (broad SMARTS) is 1. The van der Waals surface area contributed by atoms with Crippen LogP contribution >= 0.6 is 0 Å². The third-order valence-corrected chi connectivity index (χ3v) is 13.3. The van der Waals surface area contributed by atoms with Gasteiger partial charge in [0.15, 0.2) is 17.1 Å². The molecule has 1 aromatic heterocycles. The van der Waals surface area contributed by atoms with Gasteiger partial charge in [-0.25, -0.2) is 14.0 Å². The maximum absolute atomic E-state index is 18.5. The first-order valence-corrected chi connectivity index (χ1v) is 24.5. The van der Waals surface area contributed by atoms with E-state index in [9.17, 15) is 34.5 Å². The number of benzene rings is 3. The third-order valence-electron chi connectivity index (χ3n) is 13.3. The van der Waals surface area contributed by atoms with Crippen LogP contribution in [0, 0.1) is 17.7 Å². The van der Waals surface area contributed by atoms with Crippen molar-refractivity contribution < 1.29 is 67.2 Å². The zero-order valence-corrected chi connectivity index (χ0v) is 42.8. The molecule has 390 valence electrons. The number of Topliss-reactive ketones (excluding diaryl/α,β-unsaturated/α-hetero) is 2. The second-order valence-electron chi connectivity index (χ2n) is 20.7. The van der Waals surface area contributed by atoms with Crippen LogP contribution in [0.15, 0.2) is 83.4 Å². The Balaban J connectivity index is 1.52. The highest BCUT2D eigenvalue weighted by Gasteiger charge is 2.66. The molecule has 3 aliphatic rings. The summed E-state index contributed by atoms with van der Waals surface area (Å²) in [6.45, 7) is 17.0. The number of imide groups is 1. The number of hydrogen-bond donors (Lipinski definition) is 3. The summed E-state index contributed by atoms with van der Waals surface area (Å²) in [5.74, 6) is -8.64. The number of aliphatic hydroxyl groups is 2. The molecule has 3 N–H and O–H groups in total. The Hall–Kier alpha value is -6.89. The molecule has 5 atom stereocenters. The lowest BCUT2D eigenvalue weighted by Gasteiger charge is -2.49. The largest absolute Gasteiger partial charge is 0.507 e. The Morgan fingerprint density at radius 1 is 0.918 bits per heavy atom. The minimum Gasteiger partial charge on any atom is -0.507 e. The molecule has 1 saturated carbocycles. The molecule has 18 heteroatoms.